The van der Waals surface area contributed by atoms with Crippen LogP contribution in [0.15, 0.2) is 55.1 Å². The molecule has 3 aromatic rings. The molecule has 0 bridgehead atoms. The van der Waals surface area contributed by atoms with Gasteiger partial charge in [0.1, 0.15) is 0 Å². The zero-order valence-corrected chi connectivity index (χ0v) is 10.8. The SMILES string of the molecule is O=C(O)c1ccnc(-c2ccnc(-c3ccncc3)n2)c1. The van der Waals surface area contributed by atoms with Gasteiger partial charge in [0.15, 0.2) is 5.82 Å². The predicted molar refractivity (Wildman–Crippen MR) is 75.5 cm³/mol. The number of rotatable bonds is 3. The molecule has 0 unspecified atom stereocenters. The Morgan fingerprint density at radius 1 is 0.905 bits per heavy atom. The lowest BCUT2D eigenvalue weighted by Crippen LogP contribution is -1.98. The summed E-state index contributed by atoms with van der Waals surface area (Å²) in [6, 6.07) is 8.23. The van der Waals surface area contributed by atoms with Crippen LogP contribution >= 0.6 is 0 Å². The maximum absolute atomic E-state index is 11.0. The second kappa shape index (κ2) is 5.46. The van der Waals surface area contributed by atoms with E-state index in [0.717, 1.165) is 5.56 Å². The summed E-state index contributed by atoms with van der Waals surface area (Å²) in [5.41, 5.74) is 2.07. The average molecular weight is 278 g/mol. The zero-order chi connectivity index (χ0) is 14.7. The van der Waals surface area contributed by atoms with Gasteiger partial charge in [-0.3, -0.25) is 9.97 Å². The van der Waals surface area contributed by atoms with Gasteiger partial charge in [-0.2, -0.15) is 0 Å². The highest BCUT2D eigenvalue weighted by atomic mass is 16.4. The maximum Gasteiger partial charge on any atom is 0.335 e. The van der Waals surface area contributed by atoms with E-state index in [0.29, 0.717) is 17.2 Å². The summed E-state index contributed by atoms with van der Waals surface area (Å²) < 4.78 is 0. The molecule has 0 atom stereocenters. The van der Waals surface area contributed by atoms with Gasteiger partial charge in [-0.1, -0.05) is 0 Å². The molecule has 0 radical (unpaired) electrons. The molecule has 0 amide bonds. The van der Waals surface area contributed by atoms with Crippen LogP contribution in [0.5, 0.6) is 0 Å². The highest BCUT2D eigenvalue weighted by Crippen LogP contribution is 2.19. The molecule has 6 nitrogen and oxygen atoms in total. The largest absolute Gasteiger partial charge is 0.478 e. The summed E-state index contributed by atoms with van der Waals surface area (Å²) >= 11 is 0. The first-order valence-corrected chi connectivity index (χ1v) is 6.17. The third kappa shape index (κ3) is 2.74. The van der Waals surface area contributed by atoms with E-state index in [1.165, 1.54) is 18.3 Å². The van der Waals surface area contributed by atoms with Crippen molar-refractivity contribution >= 4 is 5.97 Å². The topological polar surface area (TPSA) is 88.9 Å². The van der Waals surface area contributed by atoms with Crippen LogP contribution in [-0.2, 0) is 0 Å². The minimum Gasteiger partial charge on any atom is -0.478 e. The van der Waals surface area contributed by atoms with Gasteiger partial charge in [-0.25, -0.2) is 14.8 Å². The summed E-state index contributed by atoms with van der Waals surface area (Å²) in [6.45, 7) is 0. The van der Waals surface area contributed by atoms with Gasteiger partial charge in [-0.05, 0) is 30.3 Å². The van der Waals surface area contributed by atoms with Crippen molar-refractivity contribution in [3.05, 3.63) is 60.7 Å². The van der Waals surface area contributed by atoms with E-state index in [4.69, 9.17) is 5.11 Å². The Morgan fingerprint density at radius 3 is 2.43 bits per heavy atom. The van der Waals surface area contributed by atoms with Gasteiger partial charge >= 0.3 is 5.97 Å². The molecule has 0 aliphatic carbocycles. The van der Waals surface area contributed by atoms with E-state index in [1.54, 1.807) is 36.8 Å². The minimum atomic E-state index is -0.998. The van der Waals surface area contributed by atoms with Crippen molar-refractivity contribution in [2.45, 2.75) is 0 Å². The van der Waals surface area contributed by atoms with Gasteiger partial charge in [0.2, 0.25) is 0 Å². The fraction of sp³-hybridized carbons (Fsp3) is 0. The molecule has 3 aromatic heterocycles. The van der Waals surface area contributed by atoms with E-state index in [9.17, 15) is 4.79 Å². The van der Waals surface area contributed by atoms with Crippen molar-refractivity contribution in [3.8, 4) is 22.8 Å². The molecule has 6 heteroatoms. The number of carboxylic acid groups (broad SMARTS) is 1. The first-order valence-electron chi connectivity index (χ1n) is 6.17. The lowest BCUT2D eigenvalue weighted by atomic mass is 10.2. The standard InChI is InChI=1S/C15H10N4O2/c20-15(21)11-3-7-17-13(9-11)12-4-8-18-14(19-12)10-1-5-16-6-2-10/h1-9H,(H,20,21). The Hall–Kier alpha value is -3.15. The highest BCUT2D eigenvalue weighted by molar-refractivity contribution is 5.88. The number of carbonyl (C=O) groups is 1. The van der Waals surface area contributed by atoms with E-state index in [1.807, 2.05) is 0 Å². The average Bonchev–Trinajstić information content (AvgIpc) is 2.56. The van der Waals surface area contributed by atoms with E-state index >= 15 is 0 Å². The van der Waals surface area contributed by atoms with Crippen molar-refractivity contribution < 1.29 is 9.90 Å². The predicted octanol–water partition coefficient (Wildman–Crippen LogP) is 2.30. The molecular weight excluding hydrogens is 268 g/mol. The van der Waals surface area contributed by atoms with E-state index in [2.05, 4.69) is 19.9 Å². The molecule has 1 N–H and O–H groups in total. The zero-order valence-electron chi connectivity index (χ0n) is 10.8. The van der Waals surface area contributed by atoms with Gasteiger partial charge in [0, 0.05) is 30.4 Å². The fourth-order valence-electron chi connectivity index (χ4n) is 1.85. The summed E-state index contributed by atoms with van der Waals surface area (Å²) in [5, 5.41) is 9.02. The van der Waals surface area contributed by atoms with Crippen LogP contribution in [0.3, 0.4) is 0 Å². The third-order valence-electron chi connectivity index (χ3n) is 2.86. The highest BCUT2D eigenvalue weighted by Gasteiger charge is 2.09. The number of aromatic nitrogens is 4. The number of hydrogen-bond donors (Lipinski definition) is 1. The number of pyridine rings is 2. The Bertz CT molecular complexity index is 790. The van der Waals surface area contributed by atoms with Crippen LogP contribution < -0.4 is 0 Å². The van der Waals surface area contributed by atoms with Crippen molar-refractivity contribution in [2.24, 2.45) is 0 Å². The van der Waals surface area contributed by atoms with Crippen molar-refractivity contribution in [2.75, 3.05) is 0 Å². The fourth-order valence-corrected chi connectivity index (χ4v) is 1.85. The molecule has 0 aliphatic heterocycles. The smallest absolute Gasteiger partial charge is 0.335 e. The van der Waals surface area contributed by atoms with Crippen LogP contribution in [0.2, 0.25) is 0 Å². The normalized spacial score (nSPS) is 10.3. The number of hydrogen-bond acceptors (Lipinski definition) is 5. The maximum atomic E-state index is 11.0. The number of carboxylic acids is 1. The molecule has 3 rings (SSSR count). The Kier molecular flexibility index (Phi) is 3.34. The monoisotopic (exact) mass is 278 g/mol. The summed E-state index contributed by atoms with van der Waals surface area (Å²) in [7, 11) is 0. The molecule has 0 aliphatic rings. The molecular formula is C15H10N4O2. The Morgan fingerprint density at radius 2 is 1.67 bits per heavy atom. The van der Waals surface area contributed by atoms with Crippen LogP contribution in [0.25, 0.3) is 22.8 Å². The summed E-state index contributed by atoms with van der Waals surface area (Å²) in [4.78, 5) is 27.7. The molecule has 0 saturated heterocycles. The summed E-state index contributed by atoms with van der Waals surface area (Å²) in [5.74, 6) is -0.459. The second-order valence-electron chi connectivity index (χ2n) is 4.24. The van der Waals surface area contributed by atoms with Crippen LogP contribution in [0.4, 0.5) is 0 Å². The molecule has 3 heterocycles. The number of aromatic carboxylic acids is 1. The van der Waals surface area contributed by atoms with Gasteiger partial charge in [-0.15, -0.1) is 0 Å². The molecule has 0 spiro atoms. The molecule has 0 fully saturated rings. The molecule has 0 saturated carbocycles. The third-order valence-corrected chi connectivity index (χ3v) is 2.86. The Labute approximate surface area is 120 Å². The second-order valence-corrected chi connectivity index (χ2v) is 4.24. The molecule has 0 aromatic carbocycles. The first kappa shape index (κ1) is 12.9. The van der Waals surface area contributed by atoms with Crippen LogP contribution in [0.1, 0.15) is 10.4 Å². The van der Waals surface area contributed by atoms with Gasteiger partial charge < -0.3 is 5.11 Å². The van der Waals surface area contributed by atoms with Gasteiger partial charge in [0.25, 0.3) is 0 Å². The van der Waals surface area contributed by atoms with E-state index < -0.39 is 5.97 Å². The summed E-state index contributed by atoms with van der Waals surface area (Å²) in [6.07, 6.45) is 6.39. The minimum absolute atomic E-state index is 0.170. The first-order chi connectivity index (χ1) is 10.2. The molecule has 21 heavy (non-hydrogen) atoms. The number of nitrogens with zero attached hydrogens (tertiary/aromatic N) is 4. The lowest BCUT2D eigenvalue weighted by molar-refractivity contribution is 0.0697. The van der Waals surface area contributed by atoms with Crippen molar-refractivity contribution in [1.82, 2.24) is 19.9 Å². The van der Waals surface area contributed by atoms with Gasteiger partial charge in [0.05, 0.1) is 17.0 Å². The van der Waals surface area contributed by atoms with Crippen molar-refractivity contribution in [1.29, 1.82) is 0 Å². The van der Waals surface area contributed by atoms with Crippen LogP contribution in [-0.4, -0.2) is 31.0 Å². The Balaban J connectivity index is 2.04. The lowest BCUT2D eigenvalue weighted by Gasteiger charge is -2.04. The quantitative estimate of drug-likeness (QED) is 0.790. The van der Waals surface area contributed by atoms with Crippen LogP contribution in [0, 0.1) is 0 Å². The van der Waals surface area contributed by atoms with E-state index in [-0.39, 0.29) is 5.56 Å². The molecule has 102 valence electrons. The van der Waals surface area contributed by atoms with Crippen molar-refractivity contribution in [3.63, 3.8) is 0 Å².